The van der Waals surface area contributed by atoms with Crippen molar-refractivity contribution in [3.05, 3.63) is 16.3 Å². The minimum Gasteiger partial charge on any atom is -0.368 e. The highest BCUT2D eigenvalue weighted by atomic mass is 16.6. The molecule has 8 heteroatoms. The van der Waals surface area contributed by atoms with Gasteiger partial charge in [0.2, 0.25) is 11.8 Å². The highest BCUT2D eigenvalue weighted by molar-refractivity contribution is 5.58. The van der Waals surface area contributed by atoms with Crippen molar-refractivity contribution in [2.24, 2.45) is 0 Å². The molecule has 1 rings (SSSR count). The molecular weight excluding hydrogens is 248 g/mol. The molecular formula is C11H20N6O2. The van der Waals surface area contributed by atoms with Crippen molar-refractivity contribution >= 4 is 17.5 Å². The van der Waals surface area contributed by atoms with Crippen LogP contribution in [0.5, 0.6) is 0 Å². The molecule has 0 bridgehead atoms. The molecule has 106 valence electrons. The fourth-order valence-corrected chi connectivity index (χ4v) is 1.66. The summed E-state index contributed by atoms with van der Waals surface area (Å²) in [7, 11) is 3.90. The smallest absolute Gasteiger partial charge is 0.329 e. The minimum absolute atomic E-state index is 0.0477. The van der Waals surface area contributed by atoms with Crippen molar-refractivity contribution in [3.8, 4) is 0 Å². The van der Waals surface area contributed by atoms with Gasteiger partial charge in [0.05, 0.1) is 4.92 Å². The van der Waals surface area contributed by atoms with E-state index in [9.17, 15) is 10.1 Å². The summed E-state index contributed by atoms with van der Waals surface area (Å²) in [5.41, 5.74) is 5.43. The Hall–Kier alpha value is -1.96. The van der Waals surface area contributed by atoms with Crippen LogP contribution in [0.3, 0.4) is 0 Å². The van der Waals surface area contributed by atoms with Gasteiger partial charge in [-0.05, 0) is 20.5 Å². The van der Waals surface area contributed by atoms with E-state index in [1.54, 1.807) is 0 Å². The summed E-state index contributed by atoms with van der Waals surface area (Å²) in [6, 6.07) is 0. The molecule has 0 aliphatic carbocycles. The fraction of sp³-hybridized carbons (Fsp3) is 0.636. The predicted octanol–water partition coefficient (Wildman–Crippen LogP) is 0.745. The van der Waals surface area contributed by atoms with Crippen LogP contribution >= 0.6 is 0 Å². The molecule has 0 aromatic carbocycles. The Labute approximate surface area is 112 Å². The van der Waals surface area contributed by atoms with Crippen LogP contribution < -0.4 is 10.6 Å². The van der Waals surface area contributed by atoms with Gasteiger partial charge >= 0.3 is 5.69 Å². The predicted molar refractivity (Wildman–Crippen MR) is 74.2 cm³/mol. The lowest BCUT2D eigenvalue weighted by Gasteiger charge is -2.24. The van der Waals surface area contributed by atoms with Crippen LogP contribution in [0.25, 0.3) is 0 Å². The highest BCUT2D eigenvalue weighted by Gasteiger charge is 2.22. The zero-order valence-corrected chi connectivity index (χ0v) is 11.5. The fourth-order valence-electron chi connectivity index (χ4n) is 1.66. The molecule has 0 radical (unpaired) electrons. The first-order valence-corrected chi connectivity index (χ1v) is 6.12. The lowest BCUT2D eigenvalue weighted by atomic mass is 10.3. The van der Waals surface area contributed by atoms with Crippen LogP contribution in [0.15, 0.2) is 6.20 Å². The number of hydrogen-bond donors (Lipinski definition) is 1. The van der Waals surface area contributed by atoms with Crippen molar-refractivity contribution in [2.45, 2.75) is 13.3 Å². The average Bonchev–Trinajstić information content (AvgIpc) is 2.33. The Morgan fingerprint density at radius 3 is 2.58 bits per heavy atom. The van der Waals surface area contributed by atoms with Gasteiger partial charge in [-0.1, -0.05) is 6.92 Å². The van der Waals surface area contributed by atoms with Crippen LogP contribution in [0, 0.1) is 10.1 Å². The molecule has 0 aliphatic rings. The number of hydrogen-bond acceptors (Lipinski definition) is 7. The van der Waals surface area contributed by atoms with E-state index in [0.29, 0.717) is 18.9 Å². The summed E-state index contributed by atoms with van der Waals surface area (Å²) in [5.74, 6) is 0.341. The van der Waals surface area contributed by atoms with E-state index < -0.39 is 4.92 Å². The summed E-state index contributed by atoms with van der Waals surface area (Å²) in [6.07, 6.45) is 2.03. The number of nitrogen functional groups attached to an aromatic ring is 1. The zero-order chi connectivity index (χ0) is 14.4. The van der Waals surface area contributed by atoms with E-state index in [0.717, 1.165) is 19.2 Å². The lowest BCUT2D eigenvalue weighted by molar-refractivity contribution is -0.384. The minimum atomic E-state index is -0.479. The molecule has 0 atom stereocenters. The maximum Gasteiger partial charge on any atom is 0.329 e. The van der Waals surface area contributed by atoms with Gasteiger partial charge in [-0.25, -0.2) is 4.98 Å². The Morgan fingerprint density at radius 2 is 2.05 bits per heavy atom. The molecule has 0 aliphatic heterocycles. The number of aromatic nitrogens is 2. The SMILES string of the molecule is CCCN(CCN(C)C)c1nc(N)ncc1[N+](=O)[O-]. The maximum atomic E-state index is 11.0. The van der Waals surface area contributed by atoms with Crippen molar-refractivity contribution in [2.75, 3.05) is 44.4 Å². The van der Waals surface area contributed by atoms with Crippen LogP contribution in [0.2, 0.25) is 0 Å². The van der Waals surface area contributed by atoms with Crippen molar-refractivity contribution < 1.29 is 4.92 Å². The van der Waals surface area contributed by atoms with Crippen molar-refractivity contribution in [3.63, 3.8) is 0 Å². The summed E-state index contributed by atoms with van der Waals surface area (Å²) in [6.45, 7) is 4.13. The van der Waals surface area contributed by atoms with Crippen molar-refractivity contribution in [1.82, 2.24) is 14.9 Å². The normalized spacial score (nSPS) is 10.7. The molecule has 1 aromatic rings. The first-order valence-electron chi connectivity index (χ1n) is 6.12. The van der Waals surface area contributed by atoms with E-state index in [2.05, 4.69) is 9.97 Å². The summed E-state index contributed by atoms with van der Waals surface area (Å²) in [5, 5.41) is 11.0. The number of nitrogens with two attached hydrogens (primary N) is 1. The molecule has 1 heterocycles. The summed E-state index contributed by atoms with van der Waals surface area (Å²) < 4.78 is 0. The van der Waals surface area contributed by atoms with E-state index in [1.807, 2.05) is 30.8 Å². The van der Waals surface area contributed by atoms with Gasteiger partial charge in [0, 0.05) is 19.6 Å². The quantitative estimate of drug-likeness (QED) is 0.575. The van der Waals surface area contributed by atoms with E-state index in [4.69, 9.17) is 5.73 Å². The molecule has 2 N–H and O–H groups in total. The van der Waals surface area contributed by atoms with Gasteiger partial charge in [-0.3, -0.25) is 10.1 Å². The number of likely N-dealkylation sites (N-methyl/N-ethyl adjacent to an activating group) is 1. The topological polar surface area (TPSA) is 101 Å². The second-order valence-electron chi connectivity index (χ2n) is 4.48. The number of rotatable bonds is 7. The lowest BCUT2D eigenvalue weighted by Crippen LogP contribution is -2.33. The maximum absolute atomic E-state index is 11.0. The number of anilines is 2. The molecule has 1 aromatic heterocycles. The molecule has 0 amide bonds. The van der Waals surface area contributed by atoms with Crippen LogP contribution in [0.1, 0.15) is 13.3 Å². The Kier molecular flexibility index (Phi) is 5.43. The molecule has 0 unspecified atom stereocenters. The van der Waals surface area contributed by atoms with Gasteiger partial charge in [-0.15, -0.1) is 0 Å². The summed E-state index contributed by atoms with van der Waals surface area (Å²) >= 11 is 0. The van der Waals surface area contributed by atoms with Crippen LogP contribution in [-0.2, 0) is 0 Å². The molecule has 19 heavy (non-hydrogen) atoms. The van der Waals surface area contributed by atoms with Gasteiger partial charge in [0.1, 0.15) is 6.20 Å². The van der Waals surface area contributed by atoms with Gasteiger partial charge in [-0.2, -0.15) is 4.98 Å². The van der Waals surface area contributed by atoms with Gasteiger partial charge in [0.25, 0.3) is 0 Å². The third-order valence-electron chi connectivity index (χ3n) is 2.58. The molecule has 0 saturated heterocycles. The zero-order valence-electron chi connectivity index (χ0n) is 11.5. The monoisotopic (exact) mass is 268 g/mol. The van der Waals surface area contributed by atoms with Crippen LogP contribution in [0.4, 0.5) is 17.5 Å². The van der Waals surface area contributed by atoms with E-state index >= 15 is 0 Å². The molecule has 0 fully saturated rings. The third kappa shape index (κ3) is 4.32. The molecule has 0 saturated carbocycles. The highest BCUT2D eigenvalue weighted by Crippen LogP contribution is 2.25. The molecule has 0 spiro atoms. The number of nitro groups is 1. The second kappa shape index (κ2) is 6.83. The first-order chi connectivity index (χ1) is 8.95. The Balaban J connectivity index is 3.05. The van der Waals surface area contributed by atoms with Crippen molar-refractivity contribution in [1.29, 1.82) is 0 Å². The summed E-state index contributed by atoms with van der Waals surface area (Å²) in [4.78, 5) is 22.1. The average molecular weight is 268 g/mol. The van der Waals surface area contributed by atoms with Crippen LogP contribution in [-0.4, -0.2) is 53.5 Å². The van der Waals surface area contributed by atoms with E-state index in [-0.39, 0.29) is 11.6 Å². The standard InChI is InChI=1S/C11H20N6O2/c1-4-5-16(7-6-15(2)3)10-9(17(18)19)8-13-11(12)14-10/h8H,4-7H2,1-3H3,(H2,12,13,14). The van der Waals surface area contributed by atoms with Gasteiger partial charge < -0.3 is 15.5 Å². The Morgan fingerprint density at radius 1 is 1.37 bits per heavy atom. The van der Waals surface area contributed by atoms with E-state index in [1.165, 1.54) is 0 Å². The largest absolute Gasteiger partial charge is 0.368 e. The first kappa shape index (κ1) is 15.1. The third-order valence-corrected chi connectivity index (χ3v) is 2.58. The van der Waals surface area contributed by atoms with Gasteiger partial charge in [0.15, 0.2) is 0 Å². The molecule has 8 nitrogen and oxygen atoms in total. The Bertz CT molecular complexity index is 437. The second-order valence-corrected chi connectivity index (χ2v) is 4.48. The number of nitrogens with zero attached hydrogens (tertiary/aromatic N) is 5.